The molecule has 0 radical (unpaired) electrons. The number of benzene rings is 1. The second-order valence-electron chi connectivity index (χ2n) is 4.68. The average molecular weight is 304 g/mol. The van der Waals surface area contributed by atoms with Crippen LogP contribution in [0, 0.1) is 0 Å². The number of H-pyrrole nitrogens is 1. The quantitative estimate of drug-likeness (QED) is 0.783. The van der Waals surface area contributed by atoms with Crippen LogP contribution in [0.5, 0.6) is 11.5 Å². The molecule has 1 aromatic heterocycles. The smallest absolute Gasteiger partial charge is 0.303 e. The molecule has 0 aliphatic carbocycles. The monoisotopic (exact) mass is 304 g/mol. The number of carbonyl (C=O) groups is 1. The van der Waals surface area contributed by atoms with E-state index >= 15 is 0 Å². The van der Waals surface area contributed by atoms with Gasteiger partial charge in [-0.05, 0) is 38.5 Å². The second-order valence-corrected chi connectivity index (χ2v) is 4.68. The van der Waals surface area contributed by atoms with Crippen LogP contribution in [0.3, 0.4) is 0 Å². The van der Waals surface area contributed by atoms with Crippen molar-refractivity contribution in [2.75, 3.05) is 13.2 Å². The lowest BCUT2D eigenvalue weighted by atomic mass is 10.2. The Bertz CT molecular complexity index is 637. The summed E-state index contributed by atoms with van der Waals surface area (Å²) < 4.78 is 11.1. The summed E-state index contributed by atoms with van der Waals surface area (Å²) in [7, 11) is 0. The van der Waals surface area contributed by atoms with Crippen molar-refractivity contribution in [2.45, 2.75) is 26.7 Å². The Hall–Kier alpha value is -2.50. The Morgan fingerprint density at radius 2 is 1.95 bits per heavy atom. The molecule has 22 heavy (non-hydrogen) atoms. The third kappa shape index (κ3) is 4.00. The molecule has 6 nitrogen and oxygen atoms in total. The van der Waals surface area contributed by atoms with Gasteiger partial charge in [-0.15, -0.1) is 0 Å². The summed E-state index contributed by atoms with van der Waals surface area (Å²) in [5, 5.41) is 8.71. The summed E-state index contributed by atoms with van der Waals surface area (Å²) in [5.41, 5.74) is 1.66. The zero-order valence-electron chi connectivity index (χ0n) is 12.8. The molecule has 0 aliphatic rings. The number of hydrogen-bond acceptors (Lipinski definition) is 4. The number of aliphatic carboxylic acids is 1. The lowest BCUT2D eigenvalue weighted by Crippen LogP contribution is -1.99. The van der Waals surface area contributed by atoms with Crippen LogP contribution in [0.1, 0.15) is 26.0 Å². The van der Waals surface area contributed by atoms with Crippen LogP contribution in [-0.4, -0.2) is 34.3 Å². The van der Waals surface area contributed by atoms with Crippen LogP contribution in [0.15, 0.2) is 24.4 Å². The first kappa shape index (κ1) is 15.9. The molecule has 1 aromatic carbocycles. The Kier molecular flexibility index (Phi) is 5.41. The zero-order chi connectivity index (χ0) is 15.9. The van der Waals surface area contributed by atoms with E-state index in [1.165, 1.54) is 0 Å². The lowest BCUT2D eigenvalue weighted by molar-refractivity contribution is -0.136. The highest BCUT2D eigenvalue weighted by Crippen LogP contribution is 2.31. The highest BCUT2D eigenvalue weighted by Gasteiger charge is 2.10. The van der Waals surface area contributed by atoms with E-state index in [4.69, 9.17) is 14.6 Å². The molecule has 118 valence electrons. The number of hydrogen-bond donors (Lipinski definition) is 2. The van der Waals surface area contributed by atoms with Gasteiger partial charge in [-0.25, -0.2) is 4.98 Å². The summed E-state index contributed by atoms with van der Waals surface area (Å²) in [6.07, 6.45) is 2.17. The molecule has 0 unspecified atom stereocenters. The van der Waals surface area contributed by atoms with E-state index in [9.17, 15) is 4.79 Å². The van der Waals surface area contributed by atoms with Gasteiger partial charge in [0.1, 0.15) is 5.82 Å². The van der Waals surface area contributed by atoms with Crippen LogP contribution in [0.4, 0.5) is 0 Å². The number of aryl methyl sites for hydroxylation is 1. The van der Waals surface area contributed by atoms with Gasteiger partial charge in [0.2, 0.25) is 0 Å². The summed E-state index contributed by atoms with van der Waals surface area (Å²) in [6.45, 7) is 4.95. The Morgan fingerprint density at radius 3 is 2.64 bits per heavy atom. The van der Waals surface area contributed by atoms with Crippen molar-refractivity contribution in [3.8, 4) is 22.9 Å². The van der Waals surface area contributed by atoms with E-state index in [1.807, 2.05) is 32.0 Å². The predicted molar refractivity (Wildman–Crippen MR) is 82.3 cm³/mol. The van der Waals surface area contributed by atoms with Gasteiger partial charge in [0.05, 0.1) is 19.6 Å². The SMILES string of the molecule is CCOc1ccc(-c2ncc(CCC(=O)O)[nH]2)cc1OCC. The van der Waals surface area contributed by atoms with Gasteiger partial charge in [0.25, 0.3) is 0 Å². The van der Waals surface area contributed by atoms with Gasteiger partial charge >= 0.3 is 5.97 Å². The van der Waals surface area contributed by atoms with Crippen LogP contribution < -0.4 is 9.47 Å². The van der Waals surface area contributed by atoms with Crippen LogP contribution in [-0.2, 0) is 11.2 Å². The topological polar surface area (TPSA) is 84.4 Å². The van der Waals surface area contributed by atoms with E-state index in [0.717, 1.165) is 11.3 Å². The molecule has 1 heterocycles. The molecule has 6 heteroatoms. The third-order valence-electron chi connectivity index (χ3n) is 3.05. The van der Waals surface area contributed by atoms with Gasteiger partial charge in [-0.1, -0.05) is 0 Å². The van der Waals surface area contributed by atoms with Crippen molar-refractivity contribution in [1.29, 1.82) is 0 Å². The number of nitrogens with one attached hydrogen (secondary N) is 1. The molecule has 0 spiro atoms. The van der Waals surface area contributed by atoms with Gasteiger partial charge < -0.3 is 19.6 Å². The molecule has 0 saturated heterocycles. The summed E-state index contributed by atoms with van der Waals surface area (Å²) in [5.74, 6) is 1.23. The molecule has 0 fully saturated rings. The molecule has 0 bridgehead atoms. The van der Waals surface area contributed by atoms with Crippen molar-refractivity contribution in [1.82, 2.24) is 9.97 Å². The number of aromatic amines is 1. The molecule has 0 aliphatic heterocycles. The normalized spacial score (nSPS) is 10.5. The maximum atomic E-state index is 10.6. The third-order valence-corrected chi connectivity index (χ3v) is 3.05. The molecular formula is C16H20N2O4. The van der Waals surface area contributed by atoms with E-state index in [-0.39, 0.29) is 6.42 Å². The van der Waals surface area contributed by atoms with Crippen molar-refractivity contribution < 1.29 is 19.4 Å². The molecule has 2 N–H and O–H groups in total. The second kappa shape index (κ2) is 7.49. The number of ether oxygens (including phenoxy) is 2. The molecule has 2 rings (SSSR count). The van der Waals surface area contributed by atoms with Crippen molar-refractivity contribution in [3.63, 3.8) is 0 Å². The fourth-order valence-corrected chi connectivity index (χ4v) is 2.07. The maximum Gasteiger partial charge on any atom is 0.303 e. The first-order valence-corrected chi connectivity index (χ1v) is 7.29. The number of rotatable bonds is 8. The summed E-state index contributed by atoms with van der Waals surface area (Å²) in [4.78, 5) is 18.0. The van der Waals surface area contributed by atoms with Crippen molar-refractivity contribution in [3.05, 3.63) is 30.1 Å². The van der Waals surface area contributed by atoms with Crippen molar-refractivity contribution in [2.24, 2.45) is 0 Å². The van der Waals surface area contributed by atoms with E-state index < -0.39 is 5.97 Å². The minimum absolute atomic E-state index is 0.0785. The average Bonchev–Trinajstić information content (AvgIpc) is 2.96. The minimum atomic E-state index is -0.823. The molecule has 0 amide bonds. The van der Waals surface area contributed by atoms with E-state index in [2.05, 4.69) is 9.97 Å². The molecular weight excluding hydrogens is 284 g/mol. The fourth-order valence-electron chi connectivity index (χ4n) is 2.07. The summed E-state index contributed by atoms with van der Waals surface area (Å²) in [6, 6.07) is 5.62. The Labute approximate surface area is 129 Å². The number of imidazole rings is 1. The molecule has 2 aromatic rings. The number of carboxylic acid groups (broad SMARTS) is 1. The highest BCUT2D eigenvalue weighted by atomic mass is 16.5. The van der Waals surface area contributed by atoms with Gasteiger partial charge in [-0.3, -0.25) is 4.79 Å². The molecule has 0 saturated carbocycles. The van der Waals surface area contributed by atoms with Crippen LogP contribution in [0.2, 0.25) is 0 Å². The predicted octanol–water partition coefficient (Wildman–Crippen LogP) is 2.89. The number of aromatic nitrogens is 2. The van der Waals surface area contributed by atoms with Crippen molar-refractivity contribution >= 4 is 5.97 Å². The van der Waals surface area contributed by atoms with Gasteiger partial charge in [0.15, 0.2) is 11.5 Å². The van der Waals surface area contributed by atoms with Gasteiger partial charge in [0, 0.05) is 17.5 Å². The first-order chi connectivity index (χ1) is 10.6. The largest absolute Gasteiger partial charge is 0.490 e. The van der Waals surface area contributed by atoms with Crippen LogP contribution in [0.25, 0.3) is 11.4 Å². The Balaban J connectivity index is 2.21. The van der Waals surface area contributed by atoms with E-state index in [1.54, 1.807) is 6.20 Å². The van der Waals surface area contributed by atoms with Gasteiger partial charge in [-0.2, -0.15) is 0 Å². The maximum absolute atomic E-state index is 10.6. The summed E-state index contributed by atoms with van der Waals surface area (Å²) >= 11 is 0. The fraction of sp³-hybridized carbons (Fsp3) is 0.375. The standard InChI is InChI=1S/C16H20N2O4/c1-3-21-13-7-5-11(9-14(13)22-4-2)16-17-10-12(18-16)6-8-15(19)20/h5,7,9-10H,3-4,6,8H2,1-2H3,(H,17,18)(H,19,20). The Morgan fingerprint density at radius 1 is 1.23 bits per heavy atom. The van der Waals surface area contributed by atoms with Crippen LogP contribution >= 0.6 is 0 Å². The lowest BCUT2D eigenvalue weighted by Gasteiger charge is -2.11. The minimum Gasteiger partial charge on any atom is -0.490 e. The van der Waals surface area contributed by atoms with E-state index in [0.29, 0.717) is 37.0 Å². The first-order valence-electron chi connectivity index (χ1n) is 7.29. The number of nitrogens with zero attached hydrogens (tertiary/aromatic N) is 1. The zero-order valence-corrected chi connectivity index (χ0v) is 12.8. The highest BCUT2D eigenvalue weighted by molar-refractivity contribution is 5.67. The molecule has 0 atom stereocenters. The number of carboxylic acids is 1.